The fourth-order valence-electron chi connectivity index (χ4n) is 3.69. The maximum Gasteiger partial charge on any atom is 0.260 e. The predicted molar refractivity (Wildman–Crippen MR) is 111 cm³/mol. The summed E-state index contributed by atoms with van der Waals surface area (Å²) in [5.74, 6) is 0.259. The number of primary amides is 1. The molecule has 8 nitrogen and oxygen atoms in total. The minimum absolute atomic E-state index is 0. The van der Waals surface area contributed by atoms with Gasteiger partial charge >= 0.3 is 0 Å². The largest absolute Gasteiger partial charge is 0.484 e. The van der Waals surface area contributed by atoms with Crippen molar-refractivity contribution < 1.29 is 19.1 Å². The van der Waals surface area contributed by atoms with Crippen LogP contribution in [0.25, 0.3) is 0 Å². The van der Waals surface area contributed by atoms with Crippen LogP contribution in [0.1, 0.15) is 36.0 Å². The van der Waals surface area contributed by atoms with E-state index in [0.29, 0.717) is 30.9 Å². The highest BCUT2D eigenvalue weighted by Crippen LogP contribution is 2.17. The van der Waals surface area contributed by atoms with Crippen molar-refractivity contribution in [2.75, 3.05) is 32.8 Å². The molecule has 160 valence electrons. The molecule has 0 aromatic heterocycles. The molecule has 1 aromatic rings. The second-order valence-electron chi connectivity index (χ2n) is 7.42. The molecule has 0 aliphatic carbocycles. The number of hydrogen-bond acceptors (Lipinski definition) is 5. The lowest BCUT2D eigenvalue weighted by atomic mass is 9.97. The molecule has 2 unspecified atom stereocenters. The van der Waals surface area contributed by atoms with Gasteiger partial charge in [-0.1, -0.05) is 0 Å². The standard InChI is InChI=1S/C20H28N4O4.ClH/c21-19(26)15-5-7-16(8-6-15)28-13-18(25)24-10-2-3-14(12-24)11-23-20(27)17-4-1-9-22-17;/h5-8,14,17,22H,1-4,9-13H2,(H2,21,26)(H,23,27);1H. The molecule has 3 rings (SSSR count). The highest BCUT2D eigenvalue weighted by atomic mass is 35.5. The van der Waals surface area contributed by atoms with Crippen molar-refractivity contribution in [3.05, 3.63) is 29.8 Å². The summed E-state index contributed by atoms with van der Waals surface area (Å²) in [4.78, 5) is 37.5. The Hall–Kier alpha value is -2.32. The Balaban J connectivity index is 0.00000300. The molecule has 0 radical (unpaired) electrons. The first-order valence-electron chi connectivity index (χ1n) is 9.84. The second kappa shape index (κ2) is 11.0. The fraction of sp³-hybridized carbons (Fsp3) is 0.550. The Morgan fingerprint density at radius 1 is 1.17 bits per heavy atom. The fourth-order valence-corrected chi connectivity index (χ4v) is 3.69. The van der Waals surface area contributed by atoms with Gasteiger partial charge in [0.25, 0.3) is 5.91 Å². The van der Waals surface area contributed by atoms with Crippen LogP contribution >= 0.6 is 12.4 Å². The molecule has 3 amide bonds. The maximum absolute atomic E-state index is 12.5. The Kier molecular flexibility index (Phi) is 8.72. The van der Waals surface area contributed by atoms with E-state index in [-0.39, 0.29) is 42.8 Å². The zero-order valence-electron chi connectivity index (χ0n) is 16.4. The van der Waals surface area contributed by atoms with Crippen LogP contribution in [-0.4, -0.2) is 61.4 Å². The van der Waals surface area contributed by atoms with Crippen LogP contribution in [0.2, 0.25) is 0 Å². The number of nitrogens with two attached hydrogens (primary N) is 1. The van der Waals surface area contributed by atoms with Gasteiger partial charge in [0.1, 0.15) is 5.75 Å². The number of hydrogen-bond donors (Lipinski definition) is 3. The number of halogens is 1. The molecule has 2 saturated heterocycles. The van der Waals surface area contributed by atoms with Crippen LogP contribution in [0.15, 0.2) is 24.3 Å². The summed E-state index contributed by atoms with van der Waals surface area (Å²) in [7, 11) is 0. The lowest BCUT2D eigenvalue weighted by Gasteiger charge is -2.33. The van der Waals surface area contributed by atoms with Crippen LogP contribution in [0.5, 0.6) is 5.75 Å². The van der Waals surface area contributed by atoms with Crippen molar-refractivity contribution in [1.82, 2.24) is 15.5 Å². The van der Waals surface area contributed by atoms with E-state index in [0.717, 1.165) is 32.2 Å². The van der Waals surface area contributed by atoms with Crippen LogP contribution < -0.4 is 21.1 Å². The van der Waals surface area contributed by atoms with Gasteiger partial charge in [0.2, 0.25) is 11.8 Å². The molecule has 2 heterocycles. The molecule has 0 saturated carbocycles. The summed E-state index contributed by atoms with van der Waals surface area (Å²) in [5.41, 5.74) is 5.60. The zero-order valence-corrected chi connectivity index (χ0v) is 17.2. The highest BCUT2D eigenvalue weighted by molar-refractivity contribution is 5.92. The molecule has 0 spiro atoms. The van der Waals surface area contributed by atoms with Gasteiger partial charge < -0.3 is 26.0 Å². The zero-order chi connectivity index (χ0) is 19.9. The summed E-state index contributed by atoms with van der Waals surface area (Å²) >= 11 is 0. The summed E-state index contributed by atoms with van der Waals surface area (Å²) < 4.78 is 5.54. The van der Waals surface area contributed by atoms with Crippen molar-refractivity contribution in [2.24, 2.45) is 11.7 Å². The van der Waals surface area contributed by atoms with E-state index >= 15 is 0 Å². The molecule has 0 bridgehead atoms. The smallest absolute Gasteiger partial charge is 0.260 e. The number of benzene rings is 1. The van der Waals surface area contributed by atoms with Crippen LogP contribution in [-0.2, 0) is 9.59 Å². The molecule has 2 atom stereocenters. The van der Waals surface area contributed by atoms with Gasteiger partial charge in [-0.25, -0.2) is 0 Å². The number of carbonyl (C=O) groups excluding carboxylic acids is 3. The van der Waals surface area contributed by atoms with Gasteiger partial charge in [-0.15, -0.1) is 12.4 Å². The first-order chi connectivity index (χ1) is 13.5. The van der Waals surface area contributed by atoms with Crippen molar-refractivity contribution in [2.45, 2.75) is 31.7 Å². The number of nitrogens with one attached hydrogen (secondary N) is 2. The number of carbonyl (C=O) groups is 3. The van der Waals surface area contributed by atoms with Crippen LogP contribution in [0.4, 0.5) is 0 Å². The average Bonchev–Trinajstić information content (AvgIpc) is 3.26. The SMILES string of the molecule is Cl.NC(=O)c1ccc(OCC(=O)N2CCCC(CNC(=O)C3CCCN3)C2)cc1. The minimum atomic E-state index is -0.502. The van der Waals surface area contributed by atoms with Gasteiger partial charge in [0, 0.05) is 25.2 Å². The van der Waals surface area contributed by atoms with E-state index in [1.807, 2.05) is 0 Å². The number of piperidine rings is 1. The molecular weight excluding hydrogens is 396 g/mol. The third-order valence-electron chi connectivity index (χ3n) is 5.31. The topological polar surface area (TPSA) is 114 Å². The number of ether oxygens (including phenoxy) is 1. The number of nitrogens with zero attached hydrogens (tertiary/aromatic N) is 1. The molecular formula is C20H29ClN4O4. The quantitative estimate of drug-likeness (QED) is 0.596. The lowest BCUT2D eigenvalue weighted by molar-refractivity contribution is -0.135. The Morgan fingerprint density at radius 2 is 1.93 bits per heavy atom. The predicted octanol–water partition coefficient (Wildman–Crippen LogP) is 0.693. The lowest BCUT2D eigenvalue weighted by Crippen LogP contribution is -2.47. The van der Waals surface area contributed by atoms with E-state index in [2.05, 4.69) is 10.6 Å². The first-order valence-corrected chi connectivity index (χ1v) is 9.84. The van der Waals surface area contributed by atoms with E-state index < -0.39 is 5.91 Å². The highest BCUT2D eigenvalue weighted by Gasteiger charge is 2.26. The molecule has 1 aromatic carbocycles. The first kappa shape index (κ1) is 23.0. The summed E-state index contributed by atoms with van der Waals surface area (Å²) in [5, 5.41) is 6.21. The Labute approximate surface area is 176 Å². The van der Waals surface area contributed by atoms with Crippen molar-refractivity contribution in [3.63, 3.8) is 0 Å². The normalized spacial score (nSPS) is 21.2. The molecule has 4 N–H and O–H groups in total. The molecule has 2 fully saturated rings. The van der Waals surface area contributed by atoms with Crippen molar-refractivity contribution >= 4 is 30.1 Å². The van der Waals surface area contributed by atoms with Gasteiger partial charge in [-0.2, -0.15) is 0 Å². The third-order valence-corrected chi connectivity index (χ3v) is 5.31. The number of amides is 3. The number of rotatable bonds is 7. The third kappa shape index (κ3) is 6.61. The molecule has 9 heteroatoms. The van der Waals surface area contributed by atoms with Crippen LogP contribution in [0.3, 0.4) is 0 Å². The summed E-state index contributed by atoms with van der Waals surface area (Å²) in [6.45, 7) is 2.77. The van der Waals surface area contributed by atoms with E-state index in [9.17, 15) is 14.4 Å². The van der Waals surface area contributed by atoms with Gasteiger partial charge in [0.05, 0.1) is 6.04 Å². The van der Waals surface area contributed by atoms with Gasteiger partial charge in [-0.05, 0) is 62.4 Å². The molecule has 29 heavy (non-hydrogen) atoms. The van der Waals surface area contributed by atoms with E-state index in [1.165, 1.54) is 0 Å². The van der Waals surface area contributed by atoms with Gasteiger partial charge in [-0.3, -0.25) is 14.4 Å². The second-order valence-corrected chi connectivity index (χ2v) is 7.42. The van der Waals surface area contributed by atoms with E-state index in [4.69, 9.17) is 10.5 Å². The average molecular weight is 425 g/mol. The molecule has 2 aliphatic rings. The van der Waals surface area contributed by atoms with E-state index in [1.54, 1.807) is 29.2 Å². The monoisotopic (exact) mass is 424 g/mol. The van der Waals surface area contributed by atoms with Gasteiger partial charge in [0.15, 0.2) is 6.61 Å². The maximum atomic E-state index is 12.5. The summed E-state index contributed by atoms with van der Waals surface area (Å²) in [6.07, 6.45) is 3.84. The van der Waals surface area contributed by atoms with Crippen molar-refractivity contribution in [1.29, 1.82) is 0 Å². The Morgan fingerprint density at radius 3 is 2.59 bits per heavy atom. The molecule has 2 aliphatic heterocycles. The minimum Gasteiger partial charge on any atom is -0.484 e. The van der Waals surface area contributed by atoms with Crippen LogP contribution in [0, 0.1) is 5.92 Å². The Bertz CT molecular complexity index is 707. The number of likely N-dealkylation sites (tertiary alicyclic amines) is 1. The van der Waals surface area contributed by atoms with Crippen molar-refractivity contribution in [3.8, 4) is 5.75 Å². The summed E-state index contributed by atoms with van der Waals surface area (Å²) in [6, 6.07) is 6.32.